The molecule has 0 unspecified atom stereocenters. The van der Waals surface area contributed by atoms with E-state index in [1.54, 1.807) is 0 Å². The lowest BCUT2D eigenvalue weighted by Crippen LogP contribution is -2.30. The predicted octanol–water partition coefficient (Wildman–Crippen LogP) is 4.51. The minimum absolute atomic E-state index is 0.167. The Morgan fingerprint density at radius 1 is 1.00 bits per heavy atom. The summed E-state index contributed by atoms with van der Waals surface area (Å²) in [5.74, 6) is -0.503. The fourth-order valence-corrected chi connectivity index (χ4v) is 2.68. The molecule has 5 nitrogen and oxygen atoms in total. The molecule has 0 aliphatic carbocycles. The number of amides is 1. The smallest absolute Gasteiger partial charge is 0.322 e. The maximum Gasteiger partial charge on any atom is 0.516 e. The Hall–Kier alpha value is -1.97. The number of alkyl halides is 3. The summed E-state index contributed by atoms with van der Waals surface area (Å²) in [7, 11) is -5.59. The highest BCUT2D eigenvalue weighted by Crippen LogP contribution is 2.31. The van der Waals surface area contributed by atoms with Crippen molar-refractivity contribution in [2.75, 3.05) is 10.0 Å². The SMILES string of the molecule is O=C(Nc1ccc(NS(=O)(=O)C(F)(F)F)c(Cl)c1)c1ccc(Cl)cc1. The lowest BCUT2D eigenvalue weighted by molar-refractivity contribution is -0.0429. The molecule has 2 N–H and O–H groups in total. The molecule has 25 heavy (non-hydrogen) atoms. The summed E-state index contributed by atoms with van der Waals surface area (Å²) in [6.07, 6.45) is 0. The summed E-state index contributed by atoms with van der Waals surface area (Å²) in [5, 5.41) is 2.60. The van der Waals surface area contributed by atoms with E-state index in [1.807, 2.05) is 0 Å². The van der Waals surface area contributed by atoms with E-state index in [1.165, 1.54) is 35.1 Å². The first-order chi connectivity index (χ1) is 11.5. The zero-order chi connectivity index (χ0) is 18.8. The highest BCUT2D eigenvalue weighted by atomic mass is 35.5. The second kappa shape index (κ2) is 7.11. The van der Waals surface area contributed by atoms with E-state index in [4.69, 9.17) is 23.2 Å². The Bertz CT molecular complexity index is 901. The number of carbonyl (C=O) groups is 1. The number of sulfonamides is 1. The van der Waals surface area contributed by atoms with Crippen molar-refractivity contribution in [1.29, 1.82) is 0 Å². The largest absolute Gasteiger partial charge is 0.516 e. The van der Waals surface area contributed by atoms with E-state index < -0.39 is 27.1 Å². The third-order valence-electron chi connectivity index (χ3n) is 2.88. The van der Waals surface area contributed by atoms with Crippen LogP contribution in [0.1, 0.15) is 10.4 Å². The number of hydrogen-bond acceptors (Lipinski definition) is 3. The quantitative estimate of drug-likeness (QED) is 0.775. The van der Waals surface area contributed by atoms with E-state index in [0.29, 0.717) is 10.6 Å². The second-order valence-electron chi connectivity index (χ2n) is 4.71. The molecule has 134 valence electrons. The van der Waals surface area contributed by atoms with Gasteiger partial charge in [0.05, 0.1) is 10.7 Å². The maximum atomic E-state index is 12.4. The van der Waals surface area contributed by atoms with Gasteiger partial charge in [-0.05, 0) is 42.5 Å². The van der Waals surface area contributed by atoms with E-state index in [9.17, 15) is 26.4 Å². The van der Waals surface area contributed by atoms with Crippen LogP contribution in [-0.4, -0.2) is 19.8 Å². The van der Waals surface area contributed by atoms with Gasteiger partial charge in [-0.25, -0.2) is 0 Å². The van der Waals surface area contributed by atoms with E-state index in [2.05, 4.69) is 5.32 Å². The number of benzene rings is 2. The topological polar surface area (TPSA) is 75.3 Å². The first-order valence-electron chi connectivity index (χ1n) is 6.45. The average Bonchev–Trinajstić information content (AvgIpc) is 2.49. The van der Waals surface area contributed by atoms with Gasteiger partial charge in [0, 0.05) is 16.3 Å². The van der Waals surface area contributed by atoms with Crippen LogP contribution in [0.4, 0.5) is 24.5 Å². The van der Waals surface area contributed by atoms with Crippen LogP contribution in [0.5, 0.6) is 0 Å². The van der Waals surface area contributed by atoms with Crippen LogP contribution in [0.3, 0.4) is 0 Å². The van der Waals surface area contributed by atoms with Crippen molar-refractivity contribution in [2.45, 2.75) is 5.51 Å². The molecule has 0 fully saturated rings. The molecule has 0 spiro atoms. The number of hydrogen-bond donors (Lipinski definition) is 2. The van der Waals surface area contributed by atoms with Crippen LogP contribution in [0.15, 0.2) is 42.5 Å². The summed E-state index contributed by atoms with van der Waals surface area (Å²) < 4.78 is 60.6. The van der Waals surface area contributed by atoms with E-state index in [0.717, 1.165) is 12.1 Å². The summed E-state index contributed by atoms with van der Waals surface area (Å²) in [5.41, 5.74) is -5.48. The molecule has 1 amide bonds. The van der Waals surface area contributed by atoms with Crippen LogP contribution < -0.4 is 10.0 Å². The standard InChI is InChI=1S/C14H9Cl2F3N2O3S/c15-9-3-1-8(2-4-9)13(22)20-10-5-6-12(11(16)7-10)21-25(23,24)14(17,18)19/h1-7,21H,(H,20,22). The van der Waals surface area contributed by atoms with Gasteiger partial charge in [0.25, 0.3) is 5.91 Å². The Balaban J connectivity index is 2.17. The maximum absolute atomic E-state index is 12.4. The molecule has 0 heterocycles. The first kappa shape index (κ1) is 19.4. The van der Waals surface area contributed by atoms with Gasteiger partial charge in [-0.2, -0.15) is 21.6 Å². The van der Waals surface area contributed by atoms with Gasteiger partial charge in [-0.1, -0.05) is 23.2 Å². The lowest BCUT2D eigenvalue weighted by Gasteiger charge is -2.13. The Morgan fingerprint density at radius 2 is 1.60 bits per heavy atom. The zero-order valence-corrected chi connectivity index (χ0v) is 14.4. The molecule has 2 rings (SSSR count). The third-order valence-corrected chi connectivity index (χ3v) is 4.55. The Morgan fingerprint density at radius 3 is 2.12 bits per heavy atom. The van der Waals surface area contributed by atoms with Crippen LogP contribution >= 0.6 is 23.2 Å². The van der Waals surface area contributed by atoms with Crippen molar-refractivity contribution in [2.24, 2.45) is 0 Å². The Labute approximate surface area is 150 Å². The van der Waals surface area contributed by atoms with Gasteiger partial charge in [-0.3, -0.25) is 9.52 Å². The molecule has 0 saturated heterocycles. The minimum atomic E-state index is -5.59. The number of halogens is 5. The number of anilines is 2. The van der Waals surface area contributed by atoms with Crippen molar-refractivity contribution >= 4 is 50.5 Å². The number of nitrogens with one attached hydrogen (secondary N) is 2. The van der Waals surface area contributed by atoms with Gasteiger partial charge in [-0.15, -0.1) is 0 Å². The summed E-state index contributed by atoms with van der Waals surface area (Å²) >= 11 is 11.5. The van der Waals surface area contributed by atoms with E-state index in [-0.39, 0.29) is 10.7 Å². The van der Waals surface area contributed by atoms with Gasteiger partial charge < -0.3 is 5.32 Å². The van der Waals surface area contributed by atoms with Crippen LogP contribution in [-0.2, 0) is 10.0 Å². The molecule has 11 heteroatoms. The van der Waals surface area contributed by atoms with Crippen LogP contribution in [0, 0.1) is 0 Å². The van der Waals surface area contributed by atoms with Crippen LogP contribution in [0.25, 0.3) is 0 Å². The molecule has 0 bridgehead atoms. The summed E-state index contributed by atoms with van der Waals surface area (Å²) in [6.45, 7) is 0. The molecule has 0 atom stereocenters. The third kappa shape index (κ3) is 4.77. The summed E-state index contributed by atoms with van der Waals surface area (Å²) in [6, 6.07) is 9.30. The van der Waals surface area contributed by atoms with Crippen molar-refractivity contribution in [3.8, 4) is 0 Å². The molecule has 0 radical (unpaired) electrons. The fraction of sp³-hybridized carbons (Fsp3) is 0.0714. The molecule has 0 aromatic heterocycles. The lowest BCUT2D eigenvalue weighted by atomic mass is 10.2. The zero-order valence-electron chi connectivity index (χ0n) is 12.1. The van der Waals surface area contributed by atoms with Crippen LogP contribution in [0.2, 0.25) is 10.0 Å². The van der Waals surface area contributed by atoms with Gasteiger partial charge in [0.1, 0.15) is 0 Å². The molecule has 0 aliphatic heterocycles. The van der Waals surface area contributed by atoms with Gasteiger partial charge in [0.2, 0.25) is 0 Å². The van der Waals surface area contributed by atoms with Gasteiger partial charge in [0.15, 0.2) is 0 Å². The first-order valence-corrected chi connectivity index (χ1v) is 8.69. The number of carbonyl (C=O) groups excluding carboxylic acids is 1. The van der Waals surface area contributed by atoms with Gasteiger partial charge >= 0.3 is 15.5 Å². The molecule has 2 aromatic rings. The molecule has 0 aliphatic rings. The number of rotatable bonds is 4. The highest BCUT2D eigenvalue weighted by molar-refractivity contribution is 7.93. The predicted molar refractivity (Wildman–Crippen MR) is 89.5 cm³/mol. The van der Waals surface area contributed by atoms with E-state index >= 15 is 0 Å². The highest BCUT2D eigenvalue weighted by Gasteiger charge is 2.46. The summed E-state index contributed by atoms with van der Waals surface area (Å²) in [4.78, 5) is 12.0. The molecular formula is C14H9Cl2F3N2O3S. The van der Waals surface area contributed by atoms with Crippen molar-refractivity contribution in [3.05, 3.63) is 58.1 Å². The molecule has 2 aromatic carbocycles. The monoisotopic (exact) mass is 412 g/mol. The normalized spacial score (nSPS) is 11.9. The molecular weight excluding hydrogens is 404 g/mol. The second-order valence-corrected chi connectivity index (χ2v) is 7.22. The Kier molecular flexibility index (Phi) is 5.50. The fourth-order valence-electron chi connectivity index (χ4n) is 1.68. The van der Waals surface area contributed by atoms with Crippen molar-refractivity contribution in [3.63, 3.8) is 0 Å². The minimum Gasteiger partial charge on any atom is -0.322 e. The van der Waals surface area contributed by atoms with Crippen molar-refractivity contribution in [1.82, 2.24) is 0 Å². The van der Waals surface area contributed by atoms with Crippen molar-refractivity contribution < 1.29 is 26.4 Å². The molecule has 0 saturated carbocycles. The average molecular weight is 413 g/mol.